The van der Waals surface area contributed by atoms with E-state index in [2.05, 4.69) is 4.90 Å². The molecule has 0 bridgehead atoms. The van der Waals surface area contributed by atoms with Crippen molar-refractivity contribution in [3.63, 3.8) is 0 Å². The average molecular weight is 475 g/mol. The molecule has 184 valence electrons. The lowest BCUT2D eigenvalue weighted by atomic mass is 9.84. The zero-order valence-electron chi connectivity index (χ0n) is 20.2. The summed E-state index contributed by atoms with van der Waals surface area (Å²) in [7, 11) is 0. The number of nitrogens with zero attached hydrogens (tertiary/aromatic N) is 4. The molecule has 1 amide bonds. The Balaban J connectivity index is 1.63. The normalized spacial score (nSPS) is 17.3. The fourth-order valence-electron chi connectivity index (χ4n) is 4.64. The van der Waals surface area contributed by atoms with Crippen LogP contribution in [0.1, 0.15) is 74.2 Å². The minimum atomic E-state index is -4.38. The molecular weight excluding hydrogens is 441 g/mol. The quantitative estimate of drug-likeness (QED) is 0.576. The van der Waals surface area contributed by atoms with Gasteiger partial charge in [0, 0.05) is 55.7 Å². The Morgan fingerprint density at radius 3 is 2.38 bits per heavy atom. The van der Waals surface area contributed by atoms with Gasteiger partial charge in [-0.1, -0.05) is 45.4 Å². The highest BCUT2D eigenvalue weighted by molar-refractivity contribution is 5.80. The molecular formula is C26H33F3N4O. The molecule has 0 unspecified atom stereocenters. The van der Waals surface area contributed by atoms with Crippen LogP contribution >= 0.6 is 0 Å². The van der Waals surface area contributed by atoms with Crippen molar-refractivity contribution < 1.29 is 18.0 Å². The monoisotopic (exact) mass is 474 g/mol. The maximum absolute atomic E-state index is 13.3. The molecule has 4 rings (SSSR count). The van der Waals surface area contributed by atoms with Crippen molar-refractivity contribution >= 4 is 11.7 Å². The van der Waals surface area contributed by atoms with E-state index in [1.54, 1.807) is 6.07 Å². The van der Waals surface area contributed by atoms with E-state index in [0.29, 0.717) is 44.6 Å². The Labute approximate surface area is 199 Å². The molecule has 34 heavy (non-hydrogen) atoms. The van der Waals surface area contributed by atoms with Gasteiger partial charge in [0.25, 0.3) is 0 Å². The highest BCUT2D eigenvalue weighted by atomic mass is 19.4. The zero-order valence-corrected chi connectivity index (χ0v) is 20.2. The number of rotatable bonds is 6. The van der Waals surface area contributed by atoms with Gasteiger partial charge >= 0.3 is 6.18 Å². The molecule has 1 saturated heterocycles. The molecule has 0 atom stereocenters. The number of benzene rings is 1. The standard InChI is InChI=1S/C26H33F3N4O/c1-4-22-21(16-18-7-5-10-20(15-18)26(27,28)29)24(31-23(30-22)17(2)3)32-11-13-33(14-12-32)25(34)19-8-6-9-19/h5,7,10,15,17,19H,4,6,8-9,11-14,16H2,1-3H3. The highest BCUT2D eigenvalue weighted by Crippen LogP contribution is 2.33. The smallest absolute Gasteiger partial charge is 0.353 e. The van der Waals surface area contributed by atoms with Crippen LogP contribution in [-0.4, -0.2) is 47.0 Å². The lowest BCUT2D eigenvalue weighted by Crippen LogP contribution is -2.51. The van der Waals surface area contributed by atoms with Gasteiger partial charge in [-0.2, -0.15) is 13.2 Å². The molecule has 1 saturated carbocycles. The fraction of sp³-hybridized carbons (Fsp3) is 0.577. The van der Waals surface area contributed by atoms with Crippen LogP contribution in [0, 0.1) is 5.92 Å². The van der Waals surface area contributed by atoms with Crippen LogP contribution in [0.4, 0.5) is 19.0 Å². The van der Waals surface area contributed by atoms with Gasteiger partial charge in [0.1, 0.15) is 11.6 Å². The van der Waals surface area contributed by atoms with Gasteiger partial charge in [0.05, 0.1) is 5.56 Å². The summed E-state index contributed by atoms with van der Waals surface area (Å²) in [5.74, 6) is 2.11. The van der Waals surface area contributed by atoms with Crippen LogP contribution in [-0.2, 0) is 23.8 Å². The third-order valence-electron chi connectivity index (χ3n) is 6.92. The van der Waals surface area contributed by atoms with Gasteiger partial charge < -0.3 is 9.80 Å². The van der Waals surface area contributed by atoms with E-state index < -0.39 is 11.7 Å². The van der Waals surface area contributed by atoms with Crippen molar-refractivity contribution in [1.82, 2.24) is 14.9 Å². The van der Waals surface area contributed by atoms with Gasteiger partial charge in [-0.05, 0) is 30.9 Å². The second kappa shape index (κ2) is 9.92. The van der Waals surface area contributed by atoms with Crippen molar-refractivity contribution in [3.05, 3.63) is 52.5 Å². The number of piperazine rings is 1. The first-order valence-electron chi connectivity index (χ1n) is 12.3. The summed E-state index contributed by atoms with van der Waals surface area (Å²) in [4.78, 5) is 26.5. The molecule has 0 N–H and O–H groups in total. The third-order valence-corrected chi connectivity index (χ3v) is 6.92. The van der Waals surface area contributed by atoms with Crippen molar-refractivity contribution in [2.45, 2.75) is 65.0 Å². The molecule has 8 heteroatoms. The van der Waals surface area contributed by atoms with Crippen LogP contribution in [0.5, 0.6) is 0 Å². The van der Waals surface area contributed by atoms with Crippen LogP contribution in [0.15, 0.2) is 24.3 Å². The van der Waals surface area contributed by atoms with Crippen LogP contribution in [0.25, 0.3) is 0 Å². The van der Waals surface area contributed by atoms with Crippen molar-refractivity contribution in [1.29, 1.82) is 0 Å². The number of aryl methyl sites for hydroxylation is 1. The lowest BCUT2D eigenvalue weighted by Gasteiger charge is -2.39. The second-order valence-electron chi connectivity index (χ2n) is 9.65. The first-order valence-corrected chi connectivity index (χ1v) is 12.3. The maximum atomic E-state index is 13.3. The minimum absolute atomic E-state index is 0.133. The minimum Gasteiger partial charge on any atom is -0.353 e. The van der Waals surface area contributed by atoms with Gasteiger partial charge in [-0.15, -0.1) is 0 Å². The molecule has 0 radical (unpaired) electrons. The maximum Gasteiger partial charge on any atom is 0.416 e. The molecule has 0 spiro atoms. The molecule has 2 heterocycles. The van der Waals surface area contributed by atoms with E-state index in [1.807, 2.05) is 25.7 Å². The number of hydrogen-bond acceptors (Lipinski definition) is 4. The molecule has 1 aromatic carbocycles. The fourth-order valence-corrected chi connectivity index (χ4v) is 4.64. The van der Waals surface area contributed by atoms with Crippen LogP contribution < -0.4 is 4.90 Å². The lowest BCUT2D eigenvalue weighted by molar-refractivity contribution is -0.138. The van der Waals surface area contributed by atoms with E-state index in [0.717, 1.165) is 48.2 Å². The van der Waals surface area contributed by atoms with Crippen LogP contribution in [0.3, 0.4) is 0 Å². The Kier molecular flexibility index (Phi) is 7.14. The Morgan fingerprint density at radius 2 is 1.82 bits per heavy atom. The van der Waals surface area contributed by atoms with E-state index in [4.69, 9.17) is 9.97 Å². The topological polar surface area (TPSA) is 49.3 Å². The number of aromatic nitrogens is 2. The van der Waals surface area contributed by atoms with Crippen LogP contribution in [0.2, 0.25) is 0 Å². The predicted molar refractivity (Wildman–Crippen MR) is 126 cm³/mol. The summed E-state index contributed by atoms with van der Waals surface area (Å²) in [5, 5.41) is 0. The number of halogens is 3. The number of alkyl halides is 3. The molecule has 1 aliphatic carbocycles. The Hall–Kier alpha value is -2.64. The average Bonchev–Trinajstić information content (AvgIpc) is 2.77. The molecule has 1 aliphatic heterocycles. The number of carbonyl (C=O) groups excluding carboxylic acids is 1. The van der Waals surface area contributed by atoms with Crippen molar-refractivity contribution in [2.75, 3.05) is 31.1 Å². The molecule has 2 aromatic rings. The Morgan fingerprint density at radius 1 is 1.12 bits per heavy atom. The van der Waals surface area contributed by atoms with Gasteiger partial charge in [0.2, 0.25) is 5.91 Å². The number of amides is 1. The summed E-state index contributed by atoms with van der Waals surface area (Å²) >= 11 is 0. The van der Waals surface area contributed by atoms with Gasteiger partial charge in [-0.25, -0.2) is 9.97 Å². The van der Waals surface area contributed by atoms with Gasteiger partial charge in [0.15, 0.2) is 0 Å². The Bertz CT molecular complexity index is 1030. The van der Waals surface area contributed by atoms with E-state index in [-0.39, 0.29) is 17.7 Å². The summed E-state index contributed by atoms with van der Waals surface area (Å²) in [6, 6.07) is 5.50. The van der Waals surface area contributed by atoms with Crippen molar-refractivity contribution in [3.8, 4) is 0 Å². The van der Waals surface area contributed by atoms with Crippen molar-refractivity contribution in [2.24, 2.45) is 5.92 Å². The number of anilines is 1. The van der Waals surface area contributed by atoms with Gasteiger partial charge in [-0.3, -0.25) is 4.79 Å². The highest BCUT2D eigenvalue weighted by Gasteiger charge is 2.33. The third kappa shape index (κ3) is 5.20. The second-order valence-corrected chi connectivity index (χ2v) is 9.65. The van der Waals surface area contributed by atoms with E-state index in [9.17, 15) is 18.0 Å². The number of carbonyl (C=O) groups is 1. The van der Waals surface area contributed by atoms with E-state index in [1.165, 1.54) is 12.1 Å². The molecule has 1 aromatic heterocycles. The first kappa shape index (κ1) is 24.5. The largest absolute Gasteiger partial charge is 0.416 e. The molecule has 5 nitrogen and oxygen atoms in total. The predicted octanol–water partition coefficient (Wildman–Crippen LogP) is 5.22. The zero-order chi connectivity index (χ0) is 24.5. The van der Waals surface area contributed by atoms with E-state index >= 15 is 0 Å². The summed E-state index contributed by atoms with van der Waals surface area (Å²) < 4.78 is 39.9. The summed E-state index contributed by atoms with van der Waals surface area (Å²) in [6.07, 6.45) is -0.263. The molecule has 2 aliphatic rings. The summed E-state index contributed by atoms with van der Waals surface area (Å²) in [6.45, 7) is 8.70. The molecule has 2 fully saturated rings. The number of hydrogen-bond donors (Lipinski definition) is 0. The summed E-state index contributed by atoms with van der Waals surface area (Å²) in [5.41, 5.74) is 1.70. The first-order chi connectivity index (χ1) is 16.2. The SMILES string of the molecule is CCc1nc(C(C)C)nc(N2CCN(C(=O)C3CCC3)CC2)c1Cc1cccc(C(F)(F)F)c1.